The molecule has 0 spiro atoms. The third kappa shape index (κ3) is 4.29. The topological polar surface area (TPSA) is 26.0 Å². The molecule has 0 saturated carbocycles. The summed E-state index contributed by atoms with van der Waals surface area (Å²) in [5.41, 5.74) is 6.69. The van der Waals surface area contributed by atoms with E-state index >= 15 is 0 Å². The van der Waals surface area contributed by atoms with Gasteiger partial charge in [0, 0.05) is 6.04 Å². The molecular formula is C14H21ClFN. The van der Waals surface area contributed by atoms with Crippen LogP contribution in [0.5, 0.6) is 0 Å². The van der Waals surface area contributed by atoms with Crippen LogP contribution >= 0.6 is 11.6 Å². The summed E-state index contributed by atoms with van der Waals surface area (Å²) in [5.74, 6) is 0.307. The second kappa shape index (κ2) is 6.97. The first kappa shape index (κ1) is 14.5. The molecule has 1 rings (SSSR count). The van der Waals surface area contributed by atoms with Crippen molar-refractivity contribution in [1.29, 1.82) is 0 Å². The van der Waals surface area contributed by atoms with Crippen molar-refractivity contribution in [3.05, 3.63) is 34.6 Å². The van der Waals surface area contributed by atoms with Gasteiger partial charge in [-0.2, -0.15) is 0 Å². The Hall–Kier alpha value is -0.600. The predicted molar refractivity (Wildman–Crippen MR) is 71.8 cm³/mol. The zero-order chi connectivity index (χ0) is 12.8. The van der Waals surface area contributed by atoms with Crippen LogP contribution in [0.2, 0.25) is 5.02 Å². The quantitative estimate of drug-likeness (QED) is 0.813. The van der Waals surface area contributed by atoms with Gasteiger partial charge in [-0.05, 0) is 30.4 Å². The van der Waals surface area contributed by atoms with Crippen LogP contribution in [0.3, 0.4) is 0 Å². The molecule has 0 aliphatic rings. The van der Waals surface area contributed by atoms with Crippen LogP contribution in [0, 0.1) is 11.7 Å². The molecule has 0 aliphatic heterocycles. The Morgan fingerprint density at radius 3 is 2.53 bits per heavy atom. The molecule has 1 atom stereocenters. The van der Waals surface area contributed by atoms with Crippen LogP contribution < -0.4 is 5.73 Å². The van der Waals surface area contributed by atoms with E-state index in [0.29, 0.717) is 17.9 Å². The van der Waals surface area contributed by atoms with Gasteiger partial charge in [0.1, 0.15) is 5.82 Å². The molecule has 1 aromatic carbocycles. The van der Waals surface area contributed by atoms with Crippen molar-refractivity contribution in [2.24, 2.45) is 11.7 Å². The molecule has 3 heteroatoms. The van der Waals surface area contributed by atoms with Crippen molar-refractivity contribution >= 4 is 11.6 Å². The van der Waals surface area contributed by atoms with Crippen LogP contribution in [0.15, 0.2) is 18.2 Å². The van der Waals surface area contributed by atoms with Crippen LogP contribution in [-0.2, 0) is 6.42 Å². The SMILES string of the molecule is CCC(CC)CC(N)Cc1cccc(Cl)c1F. The Morgan fingerprint density at radius 2 is 1.94 bits per heavy atom. The molecular weight excluding hydrogens is 237 g/mol. The van der Waals surface area contributed by atoms with E-state index < -0.39 is 0 Å². The van der Waals surface area contributed by atoms with Crippen molar-refractivity contribution in [3.63, 3.8) is 0 Å². The lowest BCUT2D eigenvalue weighted by Gasteiger charge is -2.18. The number of hydrogen-bond acceptors (Lipinski definition) is 1. The largest absolute Gasteiger partial charge is 0.327 e. The summed E-state index contributed by atoms with van der Waals surface area (Å²) in [4.78, 5) is 0. The van der Waals surface area contributed by atoms with Gasteiger partial charge in [0.15, 0.2) is 0 Å². The summed E-state index contributed by atoms with van der Waals surface area (Å²) in [6.07, 6.45) is 3.76. The summed E-state index contributed by atoms with van der Waals surface area (Å²) < 4.78 is 13.7. The highest BCUT2D eigenvalue weighted by atomic mass is 35.5. The lowest BCUT2D eigenvalue weighted by molar-refractivity contribution is 0.405. The number of halogens is 2. The molecule has 0 saturated heterocycles. The first-order chi connectivity index (χ1) is 8.08. The number of benzene rings is 1. The Morgan fingerprint density at radius 1 is 1.29 bits per heavy atom. The van der Waals surface area contributed by atoms with Crippen LogP contribution in [0.1, 0.15) is 38.7 Å². The molecule has 0 amide bonds. The van der Waals surface area contributed by atoms with Crippen molar-refractivity contribution in [1.82, 2.24) is 0 Å². The minimum Gasteiger partial charge on any atom is -0.327 e. The van der Waals surface area contributed by atoms with Crippen LogP contribution in [-0.4, -0.2) is 6.04 Å². The molecule has 2 N–H and O–H groups in total. The molecule has 1 unspecified atom stereocenters. The highest BCUT2D eigenvalue weighted by molar-refractivity contribution is 6.30. The highest BCUT2D eigenvalue weighted by Gasteiger charge is 2.14. The molecule has 0 radical (unpaired) electrons. The van der Waals surface area contributed by atoms with Gasteiger partial charge in [-0.3, -0.25) is 0 Å². The third-order valence-corrected chi connectivity index (χ3v) is 3.60. The second-order valence-electron chi connectivity index (χ2n) is 4.60. The van der Waals surface area contributed by atoms with Crippen LogP contribution in [0.4, 0.5) is 4.39 Å². The molecule has 0 heterocycles. The summed E-state index contributed by atoms with van der Waals surface area (Å²) in [6.45, 7) is 4.34. The number of rotatable bonds is 6. The highest BCUT2D eigenvalue weighted by Crippen LogP contribution is 2.21. The maximum Gasteiger partial charge on any atom is 0.145 e. The summed E-state index contributed by atoms with van der Waals surface area (Å²) >= 11 is 5.74. The average Bonchev–Trinajstić information content (AvgIpc) is 2.32. The Kier molecular flexibility index (Phi) is 5.93. The Labute approximate surface area is 108 Å². The Balaban J connectivity index is 2.61. The minimum atomic E-state index is -0.325. The zero-order valence-electron chi connectivity index (χ0n) is 10.5. The van der Waals surface area contributed by atoms with E-state index in [4.69, 9.17) is 17.3 Å². The summed E-state index contributed by atoms with van der Waals surface area (Å²) in [5, 5.41) is 0.178. The summed E-state index contributed by atoms with van der Waals surface area (Å²) in [6, 6.07) is 5.10. The molecule has 0 fully saturated rings. The van der Waals surface area contributed by atoms with Gasteiger partial charge in [-0.1, -0.05) is 50.4 Å². The second-order valence-corrected chi connectivity index (χ2v) is 5.00. The van der Waals surface area contributed by atoms with Crippen LogP contribution in [0.25, 0.3) is 0 Å². The predicted octanol–water partition coefficient (Wildman–Crippen LogP) is 4.18. The van der Waals surface area contributed by atoms with E-state index in [1.165, 1.54) is 0 Å². The molecule has 1 nitrogen and oxygen atoms in total. The molecule has 0 bridgehead atoms. The van der Waals surface area contributed by atoms with E-state index in [1.54, 1.807) is 18.2 Å². The van der Waals surface area contributed by atoms with E-state index in [0.717, 1.165) is 19.3 Å². The van der Waals surface area contributed by atoms with Crippen molar-refractivity contribution in [3.8, 4) is 0 Å². The maximum atomic E-state index is 13.7. The Bertz CT molecular complexity index is 350. The van der Waals surface area contributed by atoms with Crippen molar-refractivity contribution < 1.29 is 4.39 Å². The van der Waals surface area contributed by atoms with Gasteiger partial charge < -0.3 is 5.73 Å². The first-order valence-corrected chi connectivity index (χ1v) is 6.64. The fourth-order valence-electron chi connectivity index (χ4n) is 2.12. The number of nitrogens with two attached hydrogens (primary N) is 1. The van der Waals surface area contributed by atoms with E-state index in [2.05, 4.69) is 13.8 Å². The summed E-state index contributed by atoms with van der Waals surface area (Å²) in [7, 11) is 0. The lowest BCUT2D eigenvalue weighted by atomic mass is 9.92. The van der Waals surface area contributed by atoms with Gasteiger partial charge in [0.2, 0.25) is 0 Å². The molecule has 0 aromatic heterocycles. The fourth-order valence-corrected chi connectivity index (χ4v) is 2.32. The normalized spacial score (nSPS) is 13.1. The fraction of sp³-hybridized carbons (Fsp3) is 0.571. The molecule has 0 aliphatic carbocycles. The van der Waals surface area contributed by atoms with Gasteiger partial charge >= 0.3 is 0 Å². The van der Waals surface area contributed by atoms with Crippen molar-refractivity contribution in [2.45, 2.75) is 45.6 Å². The van der Waals surface area contributed by atoms with Gasteiger partial charge in [0.25, 0.3) is 0 Å². The standard InChI is InChI=1S/C14H21ClFN/c1-3-10(4-2)8-12(17)9-11-6-5-7-13(15)14(11)16/h5-7,10,12H,3-4,8-9,17H2,1-2H3. The number of hydrogen-bond donors (Lipinski definition) is 1. The van der Waals surface area contributed by atoms with E-state index in [1.807, 2.05) is 0 Å². The average molecular weight is 258 g/mol. The van der Waals surface area contributed by atoms with Gasteiger partial charge in [-0.25, -0.2) is 4.39 Å². The minimum absolute atomic E-state index is 0.00728. The van der Waals surface area contributed by atoms with Crippen molar-refractivity contribution in [2.75, 3.05) is 0 Å². The van der Waals surface area contributed by atoms with E-state index in [9.17, 15) is 4.39 Å². The molecule has 1 aromatic rings. The third-order valence-electron chi connectivity index (χ3n) is 3.30. The lowest BCUT2D eigenvalue weighted by Crippen LogP contribution is -2.26. The zero-order valence-corrected chi connectivity index (χ0v) is 11.3. The smallest absolute Gasteiger partial charge is 0.145 e. The van der Waals surface area contributed by atoms with Gasteiger partial charge in [0.05, 0.1) is 5.02 Å². The monoisotopic (exact) mass is 257 g/mol. The molecule has 17 heavy (non-hydrogen) atoms. The first-order valence-electron chi connectivity index (χ1n) is 6.26. The van der Waals surface area contributed by atoms with E-state index in [-0.39, 0.29) is 16.9 Å². The molecule has 96 valence electrons. The maximum absolute atomic E-state index is 13.7. The van der Waals surface area contributed by atoms with Gasteiger partial charge in [-0.15, -0.1) is 0 Å².